The standard InChI is InChI=1S/C21H32N2O.C11H20/c1-9-10-11-19(23-24-21(7,8)20(4,5)6)18-13-17(14-22)15(2)12-16(18)3;1-9-5-7-11(8-6-9)10-3-2-4-10/h11-13,23H,9-10H2,1-8H3;9-11H,2-8H2,1H3/b19-11+;. The van der Waals surface area contributed by atoms with Gasteiger partial charge in [-0.15, -0.1) is 0 Å². The molecule has 0 unspecified atom stereocenters. The second-order valence-electron chi connectivity index (χ2n) is 12.7. The molecule has 0 heterocycles. The SMILES string of the molecule is CC1CCC(C2CCC2)CC1.CCC/C=C(/NOC(C)(C)C(C)(C)C)c1cc(C#N)c(C)cc1C. The van der Waals surface area contributed by atoms with E-state index in [1.807, 2.05) is 13.0 Å². The van der Waals surface area contributed by atoms with Gasteiger partial charge in [-0.05, 0) is 87.3 Å². The summed E-state index contributed by atoms with van der Waals surface area (Å²) in [4.78, 5) is 6.07. The monoisotopic (exact) mass is 480 g/mol. The molecule has 0 aromatic heterocycles. The Balaban J connectivity index is 0.000000322. The van der Waals surface area contributed by atoms with E-state index in [4.69, 9.17) is 4.84 Å². The van der Waals surface area contributed by atoms with Gasteiger partial charge in [-0.1, -0.05) is 85.3 Å². The second-order valence-corrected chi connectivity index (χ2v) is 12.7. The van der Waals surface area contributed by atoms with Crippen LogP contribution in [0.25, 0.3) is 5.70 Å². The van der Waals surface area contributed by atoms with Crippen molar-refractivity contribution in [1.82, 2.24) is 5.48 Å². The zero-order valence-electron chi connectivity index (χ0n) is 24.2. The lowest BCUT2D eigenvalue weighted by Gasteiger charge is -2.38. The van der Waals surface area contributed by atoms with Crippen LogP contribution in [-0.2, 0) is 4.84 Å². The van der Waals surface area contributed by atoms with Crippen molar-refractivity contribution < 1.29 is 4.84 Å². The van der Waals surface area contributed by atoms with E-state index in [-0.39, 0.29) is 11.0 Å². The van der Waals surface area contributed by atoms with Crippen molar-refractivity contribution in [2.24, 2.45) is 23.2 Å². The number of rotatable bonds is 7. The Morgan fingerprint density at radius 1 is 1.00 bits per heavy atom. The number of allylic oxidation sites excluding steroid dienone is 1. The first-order chi connectivity index (χ1) is 16.4. The summed E-state index contributed by atoms with van der Waals surface area (Å²) in [6.45, 7) is 19.3. The molecule has 0 spiro atoms. The summed E-state index contributed by atoms with van der Waals surface area (Å²) in [6.07, 6.45) is 14.9. The van der Waals surface area contributed by atoms with Gasteiger partial charge in [0.1, 0.15) is 0 Å². The highest BCUT2D eigenvalue weighted by molar-refractivity contribution is 5.68. The maximum Gasteiger partial charge on any atom is 0.0994 e. The Kier molecular flexibility index (Phi) is 10.9. The van der Waals surface area contributed by atoms with Crippen LogP contribution >= 0.6 is 0 Å². The van der Waals surface area contributed by atoms with Crippen LogP contribution in [0.2, 0.25) is 0 Å². The summed E-state index contributed by atoms with van der Waals surface area (Å²) in [7, 11) is 0. The fourth-order valence-electron chi connectivity index (χ4n) is 4.76. The summed E-state index contributed by atoms with van der Waals surface area (Å²) in [5, 5.41) is 9.34. The topological polar surface area (TPSA) is 45.0 Å². The molecule has 2 fully saturated rings. The molecule has 2 aliphatic rings. The number of benzene rings is 1. The molecule has 1 aromatic carbocycles. The summed E-state index contributed by atoms with van der Waals surface area (Å²) in [5.74, 6) is 3.33. The number of hydroxylamine groups is 1. The van der Waals surface area contributed by atoms with E-state index in [0.717, 1.165) is 53.0 Å². The number of nitriles is 1. The smallest absolute Gasteiger partial charge is 0.0994 e. The van der Waals surface area contributed by atoms with Crippen LogP contribution in [-0.4, -0.2) is 5.60 Å². The third-order valence-electron chi connectivity index (χ3n) is 8.72. The Labute approximate surface area is 216 Å². The molecule has 1 aromatic rings. The Bertz CT molecular complexity index is 872. The molecule has 35 heavy (non-hydrogen) atoms. The number of hydrogen-bond donors (Lipinski definition) is 1. The van der Waals surface area contributed by atoms with E-state index in [1.165, 1.54) is 19.3 Å². The van der Waals surface area contributed by atoms with Crippen molar-refractivity contribution in [3.63, 3.8) is 0 Å². The quantitative estimate of drug-likeness (QED) is 0.395. The van der Waals surface area contributed by atoms with Crippen molar-refractivity contribution in [3.8, 4) is 6.07 Å². The van der Waals surface area contributed by atoms with E-state index in [1.54, 1.807) is 25.7 Å². The van der Waals surface area contributed by atoms with Crippen LogP contribution in [0.4, 0.5) is 0 Å². The molecule has 2 saturated carbocycles. The van der Waals surface area contributed by atoms with E-state index >= 15 is 0 Å². The van der Waals surface area contributed by atoms with Gasteiger partial charge in [0.15, 0.2) is 0 Å². The highest BCUT2D eigenvalue weighted by Crippen LogP contribution is 2.42. The highest BCUT2D eigenvalue weighted by atomic mass is 16.7. The average molecular weight is 481 g/mol. The number of nitrogens with zero attached hydrogens (tertiary/aromatic N) is 1. The van der Waals surface area contributed by atoms with Gasteiger partial charge in [0.05, 0.1) is 22.9 Å². The zero-order valence-corrected chi connectivity index (χ0v) is 24.2. The Morgan fingerprint density at radius 3 is 2.09 bits per heavy atom. The normalized spacial score (nSPS) is 21.4. The van der Waals surface area contributed by atoms with E-state index in [9.17, 15) is 5.26 Å². The van der Waals surface area contributed by atoms with Crippen molar-refractivity contribution >= 4 is 5.70 Å². The molecule has 1 N–H and O–H groups in total. The second kappa shape index (κ2) is 13.0. The van der Waals surface area contributed by atoms with Crippen molar-refractivity contribution in [2.45, 2.75) is 126 Å². The largest absolute Gasteiger partial charge is 0.270 e. The highest BCUT2D eigenvalue weighted by Gasteiger charge is 2.35. The summed E-state index contributed by atoms with van der Waals surface area (Å²) in [6, 6.07) is 6.29. The summed E-state index contributed by atoms with van der Waals surface area (Å²) >= 11 is 0. The molecule has 0 saturated heterocycles. The van der Waals surface area contributed by atoms with Crippen molar-refractivity contribution in [1.29, 1.82) is 5.26 Å². The molecule has 3 rings (SSSR count). The number of hydrogen-bond acceptors (Lipinski definition) is 3. The predicted octanol–water partition coefficient (Wildman–Crippen LogP) is 9.27. The first kappa shape index (κ1) is 29.4. The maximum absolute atomic E-state index is 9.34. The lowest BCUT2D eigenvalue weighted by Crippen LogP contribution is -2.43. The van der Waals surface area contributed by atoms with Crippen LogP contribution in [0.3, 0.4) is 0 Å². The Morgan fingerprint density at radius 2 is 1.60 bits per heavy atom. The van der Waals surface area contributed by atoms with Crippen LogP contribution in [0.5, 0.6) is 0 Å². The average Bonchev–Trinajstić information content (AvgIpc) is 2.74. The van der Waals surface area contributed by atoms with Gasteiger partial charge in [0.25, 0.3) is 0 Å². The molecular formula is C32H52N2O. The molecule has 0 aliphatic heterocycles. The van der Waals surface area contributed by atoms with Crippen LogP contribution in [0, 0.1) is 48.3 Å². The van der Waals surface area contributed by atoms with Crippen LogP contribution in [0.15, 0.2) is 18.2 Å². The van der Waals surface area contributed by atoms with Gasteiger partial charge in [0, 0.05) is 5.56 Å². The number of nitrogens with one attached hydrogen (secondary N) is 1. The molecular weight excluding hydrogens is 428 g/mol. The lowest BCUT2D eigenvalue weighted by molar-refractivity contribution is -0.123. The minimum atomic E-state index is -0.338. The van der Waals surface area contributed by atoms with Gasteiger partial charge in [-0.25, -0.2) is 0 Å². The van der Waals surface area contributed by atoms with Gasteiger partial charge in [-0.2, -0.15) is 5.26 Å². The lowest BCUT2D eigenvalue weighted by atomic mass is 9.68. The summed E-state index contributed by atoms with van der Waals surface area (Å²) in [5.41, 5.74) is 7.64. The van der Waals surface area contributed by atoms with Crippen molar-refractivity contribution in [3.05, 3.63) is 40.5 Å². The first-order valence-electron chi connectivity index (χ1n) is 14.1. The molecule has 196 valence electrons. The molecule has 3 nitrogen and oxygen atoms in total. The number of aryl methyl sites for hydroxylation is 2. The molecule has 0 bridgehead atoms. The molecule has 2 aliphatic carbocycles. The molecule has 0 atom stereocenters. The van der Waals surface area contributed by atoms with Crippen LogP contribution < -0.4 is 5.48 Å². The van der Waals surface area contributed by atoms with E-state index < -0.39 is 0 Å². The number of unbranched alkanes of at least 4 members (excludes halogenated alkanes) is 1. The maximum atomic E-state index is 9.34. The third kappa shape index (κ3) is 8.38. The first-order valence-corrected chi connectivity index (χ1v) is 14.1. The summed E-state index contributed by atoms with van der Waals surface area (Å²) < 4.78 is 0. The Hall–Kier alpha value is -1.79. The molecule has 0 radical (unpaired) electrons. The van der Waals surface area contributed by atoms with E-state index in [0.29, 0.717) is 5.56 Å². The predicted molar refractivity (Wildman–Crippen MR) is 150 cm³/mol. The van der Waals surface area contributed by atoms with Gasteiger partial charge in [-0.3, -0.25) is 10.3 Å². The molecule has 3 heteroatoms. The third-order valence-corrected chi connectivity index (χ3v) is 8.72. The van der Waals surface area contributed by atoms with Gasteiger partial charge in [0.2, 0.25) is 0 Å². The van der Waals surface area contributed by atoms with Gasteiger partial charge < -0.3 is 0 Å². The molecule has 0 amide bonds. The fourth-order valence-corrected chi connectivity index (χ4v) is 4.76. The van der Waals surface area contributed by atoms with Gasteiger partial charge >= 0.3 is 0 Å². The zero-order chi connectivity index (χ0) is 26.2. The fraction of sp³-hybridized carbons (Fsp3) is 0.719. The minimum Gasteiger partial charge on any atom is -0.270 e. The van der Waals surface area contributed by atoms with Crippen molar-refractivity contribution in [2.75, 3.05) is 0 Å². The van der Waals surface area contributed by atoms with Crippen LogP contribution in [0.1, 0.15) is 129 Å². The minimum absolute atomic E-state index is 0.00397. The van der Waals surface area contributed by atoms with E-state index in [2.05, 4.69) is 79.1 Å².